The van der Waals surface area contributed by atoms with Gasteiger partial charge in [-0.25, -0.2) is 12.7 Å². The highest BCUT2D eigenvalue weighted by atomic mass is 32.2. The number of rotatable bonds is 5. The van der Waals surface area contributed by atoms with Gasteiger partial charge in [0, 0.05) is 39.6 Å². The molecule has 0 aromatic rings. The summed E-state index contributed by atoms with van der Waals surface area (Å²) in [7, 11) is -0.107. The Hall–Kier alpha value is -0.660. The minimum atomic E-state index is -3.15. The summed E-state index contributed by atoms with van der Waals surface area (Å²) in [4.78, 5) is 11.3. The Morgan fingerprint density at radius 1 is 1.47 bits per heavy atom. The molecule has 1 atom stereocenters. The summed E-state index contributed by atoms with van der Waals surface area (Å²) in [6.45, 7) is 1.10. The lowest BCUT2D eigenvalue weighted by molar-refractivity contribution is -0.121. The monoisotopic (exact) mass is 263 g/mol. The second-order valence-corrected chi connectivity index (χ2v) is 6.75. The van der Waals surface area contributed by atoms with Gasteiger partial charge in [-0.2, -0.15) is 0 Å². The van der Waals surface area contributed by atoms with Gasteiger partial charge in [0.2, 0.25) is 15.9 Å². The van der Waals surface area contributed by atoms with Crippen LogP contribution >= 0.6 is 0 Å². The van der Waals surface area contributed by atoms with E-state index in [-0.39, 0.29) is 17.7 Å². The summed E-state index contributed by atoms with van der Waals surface area (Å²) in [6, 6.07) is 0.0925. The lowest BCUT2D eigenvalue weighted by Gasteiger charge is -2.16. The Kier molecular flexibility index (Phi) is 5.35. The number of carbonyl (C=O) groups excluding carboxylic acids is 1. The fourth-order valence-corrected chi connectivity index (χ4v) is 2.46. The lowest BCUT2D eigenvalue weighted by Crippen LogP contribution is -2.37. The van der Waals surface area contributed by atoms with Crippen LogP contribution in [0, 0.1) is 0 Å². The van der Waals surface area contributed by atoms with Crippen LogP contribution in [0.3, 0.4) is 0 Å². The Morgan fingerprint density at radius 2 is 2.18 bits per heavy atom. The number of nitrogens with one attached hydrogen (secondary N) is 2. The molecule has 1 heterocycles. The number of nitrogens with zero attached hydrogens (tertiary/aromatic N) is 1. The van der Waals surface area contributed by atoms with Crippen LogP contribution in [-0.2, 0) is 14.8 Å². The van der Waals surface area contributed by atoms with E-state index < -0.39 is 10.0 Å². The Balaban J connectivity index is 2.33. The highest BCUT2D eigenvalue weighted by Gasteiger charge is 2.18. The molecule has 0 spiro atoms. The maximum Gasteiger partial charge on any atom is 0.221 e. The average molecular weight is 263 g/mol. The summed E-state index contributed by atoms with van der Waals surface area (Å²) in [5.74, 6) is 0.105. The molecule has 1 aliphatic heterocycles. The Bertz CT molecular complexity index is 354. The SMILES string of the molecule is CN(C)S(=O)(=O)CCNC1CCCNC(=O)C1. The van der Waals surface area contributed by atoms with E-state index in [2.05, 4.69) is 10.6 Å². The summed E-state index contributed by atoms with van der Waals surface area (Å²) in [6.07, 6.45) is 2.27. The molecule has 1 rings (SSSR count). The summed E-state index contributed by atoms with van der Waals surface area (Å²) in [5, 5.41) is 5.93. The van der Waals surface area contributed by atoms with E-state index in [1.54, 1.807) is 0 Å². The molecule has 0 aromatic carbocycles. The van der Waals surface area contributed by atoms with E-state index in [1.165, 1.54) is 18.4 Å². The van der Waals surface area contributed by atoms with Crippen LogP contribution in [0.2, 0.25) is 0 Å². The molecule has 7 heteroatoms. The number of carbonyl (C=O) groups is 1. The maximum absolute atomic E-state index is 11.5. The van der Waals surface area contributed by atoms with Crippen molar-refractivity contribution in [3.05, 3.63) is 0 Å². The predicted molar refractivity (Wildman–Crippen MR) is 66.1 cm³/mol. The molecular formula is C10H21N3O3S. The predicted octanol–water partition coefficient (Wildman–Crippen LogP) is -0.864. The molecule has 0 bridgehead atoms. The third-order valence-electron chi connectivity index (χ3n) is 2.83. The van der Waals surface area contributed by atoms with Crippen molar-refractivity contribution in [2.24, 2.45) is 0 Å². The minimum absolute atomic E-state index is 0.0375. The molecule has 2 N–H and O–H groups in total. The van der Waals surface area contributed by atoms with Gasteiger partial charge < -0.3 is 10.6 Å². The molecule has 1 fully saturated rings. The molecule has 1 amide bonds. The molecule has 0 aliphatic carbocycles. The highest BCUT2D eigenvalue weighted by Crippen LogP contribution is 2.05. The maximum atomic E-state index is 11.5. The first-order valence-electron chi connectivity index (χ1n) is 5.82. The standard InChI is InChI=1S/C10H21N3O3S/c1-13(2)17(15,16)7-6-11-9-4-3-5-12-10(14)8-9/h9,11H,3-8H2,1-2H3,(H,12,14). The van der Waals surface area contributed by atoms with Crippen molar-refractivity contribution in [1.29, 1.82) is 0 Å². The molecule has 17 heavy (non-hydrogen) atoms. The molecular weight excluding hydrogens is 242 g/mol. The molecule has 1 unspecified atom stereocenters. The second kappa shape index (κ2) is 6.32. The van der Waals surface area contributed by atoms with E-state index in [4.69, 9.17) is 0 Å². The van der Waals surface area contributed by atoms with Crippen LogP contribution in [-0.4, -0.2) is 57.6 Å². The van der Waals surface area contributed by atoms with Crippen LogP contribution < -0.4 is 10.6 Å². The van der Waals surface area contributed by atoms with Crippen molar-refractivity contribution >= 4 is 15.9 Å². The van der Waals surface area contributed by atoms with Crippen LogP contribution in [0.15, 0.2) is 0 Å². The van der Waals surface area contributed by atoms with Gasteiger partial charge >= 0.3 is 0 Å². The fourth-order valence-electron chi connectivity index (χ4n) is 1.72. The van der Waals surface area contributed by atoms with Gasteiger partial charge in [-0.05, 0) is 12.8 Å². The van der Waals surface area contributed by atoms with E-state index in [0.717, 1.165) is 12.8 Å². The van der Waals surface area contributed by atoms with Crippen molar-refractivity contribution in [2.75, 3.05) is 32.9 Å². The van der Waals surface area contributed by atoms with Crippen molar-refractivity contribution in [2.45, 2.75) is 25.3 Å². The zero-order valence-corrected chi connectivity index (χ0v) is 11.2. The van der Waals surface area contributed by atoms with Crippen LogP contribution in [0.25, 0.3) is 0 Å². The molecule has 0 radical (unpaired) electrons. The normalized spacial score (nSPS) is 22.3. The number of hydrogen-bond donors (Lipinski definition) is 2. The quantitative estimate of drug-likeness (QED) is 0.676. The van der Waals surface area contributed by atoms with Crippen molar-refractivity contribution in [3.8, 4) is 0 Å². The number of hydrogen-bond acceptors (Lipinski definition) is 4. The van der Waals surface area contributed by atoms with Crippen LogP contribution in [0.4, 0.5) is 0 Å². The first-order chi connectivity index (χ1) is 7.92. The van der Waals surface area contributed by atoms with E-state index in [1.807, 2.05) is 0 Å². The van der Waals surface area contributed by atoms with E-state index in [0.29, 0.717) is 19.5 Å². The van der Waals surface area contributed by atoms with Gasteiger partial charge in [0.25, 0.3) is 0 Å². The zero-order chi connectivity index (χ0) is 12.9. The molecule has 1 aliphatic rings. The summed E-state index contributed by atoms with van der Waals surface area (Å²) in [5.41, 5.74) is 0. The van der Waals surface area contributed by atoms with Gasteiger partial charge in [0.15, 0.2) is 0 Å². The molecule has 100 valence electrons. The van der Waals surface area contributed by atoms with Crippen molar-refractivity contribution < 1.29 is 13.2 Å². The second-order valence-electron chi connectivity index (χ2n) is 4.45. The van der Waals surface area contributed by atoms with Gasteiger partial charge in [-0.1, -0.05) is 0 Å². The van der Waals surface area contributed by atoms with Crippen LogP contribution in [0.5, 0.6) is 0 Å². The first kappa shape index (κ1) is 14.4. The lowest BCUT2D eigenvalue weighted by atomic mass is 10.1. The fraction of sp³-hybridized carbons (Fsp3) is 0.900. The molecule has 0 saturated carbocycles. The number of sulfonamides is 1. The van der Waals surface area contributed by atoms with Crippen LogP contribution in [0.1, 0.15) is 19.3 Å². The molecule has 6 nitrogen and oxygen atoms in total. The van der Waals surface area contributed by atoms with Gasteiger partial charge in [-0.15, -0.1) is 0 Å². The molecule has 0 aromatic heterocycles. The highest BCUT2D eigenvalue weighted by molar-refractivity contribution is 7.89. The largest absolute Gasteiger partial charge is 0.356 e. The zero-order valence-electron chi connectivity index (χ0n) is 10.4. The summed E-state index contributed by atoms with van der Waals surface area (Å²) >= 11 is 0. The van der Waals surface area contributed by atoms with E-state index in [9.17, 15) is 13.2 Å². The number of amides is 1. The average Bonchev–Trinajstić information content (AvgIpc) is 2.42. The third kappa shape index (κ3) is 5.01. The minimum Gasteiger partial charge on any atom is -0.356 e. The molecule has 1 saturated heterocycles. The van der Waals surface area contributed by atoms with Gasteiger partial charge in [-0.3, -0.25) is 4.79 Å². The Morgan fingerprint density at radius 3 is 2.82 bits per heavy atom. The van der Waals surface area contributed by atoms with Gasteiger partial charge in [0.05, 0.1) is 5.75 Å². The van der Waals surface area contributed by atoms with Crippen molar-refractivity contribution in [3.63, 3.8) is 0 Å². The third-order valence-corrected chi connectivity index (χ3v) is 4.67. The smallest absolute Gasteiger partial charge is 0.221 e. The Labute approximate surface area is 103 Å². The first-order valence-corrected chi connectivity index (χ1v) is 7.43. The topological polar surface area (TPSA) is 78.5 Å². The van der Waals surface area contributed by atoms with Gasteiger partial charge in [0.1, 0.15) is 0 Å². The summed E-state index contributed by atoms with van der Waals surface area (Å²) < 4.78 is 24.2. The van der Waals surface area contributed by atoms with Crippen molar-refractivity contribution in [1.82, 2.24) is 14.9 Å². The van der Waals surface area contributed by atoms with E-state index >= 15 is 0 Å².